The zero-order chi connectivity index (χ0) is 23.7. The monoisotopic (exact) mass is 479 g/mol. The first kappa shape index (κ1) is 22.1. The van der Waals surface area contributed by atoms with Gasteiger partial charge in [-0.25, -0.2) is 4.39 Å². The average Bonchev–Trinajstić information content (AvgIpc) is 3.52. The summed E-state index contributed by atoms with van der Waals surface area (Å²) in [5.74, 6) is 0.0218. The summed E-state index contributed by atoms with van der Waals surface area (Å²) in [4.78, 5) is 19.0. The van der Waals surface area contributed by atoms with Crippen LogP contribution in [0.25, 0.3) is 6.08 Å². The van der Waals surface area contributed by atoms with Gasteiger partial charge in [0, 0.05) is 18.7 Å². The lowest BCUT2D eigenvalue weighted by atomic mass is 10.1. The highest BCUT2D eigenvalue weighted by Crippen LogP contribution is 2.33. The summed E-state index contributed by atoms with van der Waals surface area (Å²) in [5, 5.41) is 15.7. The molecule has 2 aromatic carbocycles. The lowest BCUT2D eigenvalue weighted by Gasteiger charge is -2.20. The molecule has 0 unspecified atom stereocenters. The zero-order valence-corrected chi connectivity index (χ0v) is 19.3. The molecule has 5 rings (SSSR count). The van der Waals surface area contributed by atoms with Gasteiger partial charge in [0.1, 0.15) is 12.4 Å². The normalized spacial score (nSPS) is 18.8. The number of aliphatic imine (C=N–C) groups is 1. The third-order valence-corrected chi connectivity index (χ3v) is 6.63. The number of hydrogen-bond donors (Lipinski definition) is 1. The van der Waals surface area contributed by atoms with Gasteiger partial charge in [-0.1, -0.05) is 24.3 Å². The number of methoxy groups -OCH3 is 1. The van der Waals surface area contributed by atoms with E-state index in [-0.39, 0.29) is 23.8 Å². The predicted molar refractivity (Wildman–Crippen MR) is 130 cm³/mol. The molecule has 1 N–H and O–H groups in total. The zero-order valence-electron chi connectivity index (χ0n) is 18.5. The van der Waals surface area contributed by atoms with Gasteiger partial charge >= 0.3 is 0 Å². The Labute approximate surface area is 200 Å². The van der Waals surface area contributed by atoms with Crippen molar-refractivity contribution in [2.24, 2.45) is 10.1 Å². The number of nitrogens with one attached hydrogen (secondary N) is 1. The highest BCUT2D eigenvalue weighted by molar-refractivity contribution is 8.26. The van der Waals surface area contributed by atoms with Crippen LogP contribution in [0.2, 0.25) is 0 Å². The number of carbonyl (C=O) groups excluding carboxylic acids is 1. The number of halogens is 1. The molecule has 8 nitrogen and oxygen atoms in total. The number of ether oxygens (including phenoxy) is 2. The lowest BCUT2D eigenvalue weighted by molar-refractivity contribution is -0.114. The van der Waals surface area contributed by atoms with Crippen molar-refractivity contribution in [2.45, 2.75) is 19.4 Å². The van der Waals surface area contributed by atoms with E-state index in [4.69, 9.17) is 14.9 Å². The molecule has 10 heteroatoms. The smallest absolute Gasteiger partial charge is 0.283 e. The molecule has 0 saturated carbocycles. The van der Waals surface area contributed by atoms with Crippen LogP contribution in [-0.2, 0) is 11.4 Å². The van der Waals surface area contributed by atoms with Gasteiger partial charge < -0.3 is 14.4 Å². The van der Waals surface area contributed by atoms with Crippen LogP contribution in [0.1, 0.15) is 24.0 Å². The van der Waals surface area contributed by atoms with E-state index < -0.39 is 5.91 Å². The quantitative estimate of drug-likeness (QED) is 0.650. The second kappa shape index (κ2) is 9.30. The summed E-state index contributed by atoms with van der Waals surface area (Å²) >= 11 is 1.32. The summed E-state index contributed by atoms with van der Waals surface area (Å²) in [6.07, 6.45) is 3.80. The molecular weight excluding hydrogens is 457 g/mol. The number of hydrazone groups is 1. The summed E-state index contributed by atoms with van der Waals surface area (Å²) in [6.45, 7) is 1.89. The number of carbonyl (C=O) groups is 1. The molecule has 174 valence electrons. The van der Waals surface area contributed by atoms with E-state index in [2.05, 4.69) is 15.0 Å². The molecule has 1 amide bonds. The first-order valence-electron chi connectivity index (χ1n) is 10.8. The molecule has 1 saturated heterocycles. The van der Waals surface area contributed by atoms with Crippen LogP contribution in [0, 0.1) is 11.2 Å². The van der Waals surface area contributed by atoms with Crippen LogP contribution >= 0.6 is 11.8 Å². The second-order valence-electron chi connectivity index (χ2n) is 7.89. The minimum absolute atomic E-state index is 0.0180. The molecule has 3 aliphatic heterocycles. The largest absolute Gasteiger partial charge is 0.493 e. The molecule has 3 aliphatic rings. The minimum atomic E-state index is -0.486. The highest BCUT2D eigenvalue weighted by atomic mass is 32.2. The van der Waals surface area contributed by atoms with Gasteiger partial charge in [-0.2, -0.15) is 10.0 Å². The maximum Gasteiger partial charge on any atom is 0.283 e. The van der Waals surface area contributed by atoms with Crippen molar-refractivity contribution in [3.8, 4) is 11.5 Å². The summed E-state index contributed by atoms with van der Waals surface area (Å²) in [5.41, 5.74) is 1.21. The van der Waals surface area contributed by atoms with E-state index in [1.54, 1.807) is 42.5 Å². The second-order valence-corrected chi connectivity index (χ2v) is 8.82. The van der Waals surface area contributed by atoms with Gasteiger partial charge in [0.05, 0.1) is 12.7 Å². The van der Waals surface area contributed by atoms with Crippen molar-refractivity contribution in [1.29, 1.82) is 5.41 Å². The predicted octanol–water partition coefficient (Wildman–Crippen LogP) is 4.09. The number of rotatable bonds is 5. The SMILES string of the molecule is COc1cc(/C=C2\C(=N)N3N=C(N4CCCC4)SC3=NC2=O)ccc1OCc1ccccc1F. The molecule has 0 bridgehead atoms. The third kappa shape index (κ3) is 4.28. The molecule has 1 fully saturated rings. The van der Waals surface area contributed by atoms with Gasteiger partial charge in [0.15, 0.2) is 22.5 Å². The van der Waals surface area contributed by atoms with E-state index in [1.165, 1.54) is 29.9 Å². The Bertz CT molecular complexity index is 1250. The first-order chi connectivity index (χ1) is 16.5. The Balaban J connectivity index is 1.36. The fourth-order valence-corrected chi connectivity index (χ4v) is 4.79. The van der Waals surface area contributed by atoms with Crippen molar-refractivity contribution >= 4 is 39.9 Å². The number of thioether (sulfide) groups is 1. The Morgan fingerprint density at radius 2 is 1.94 bits per heavy atom. The van der Waals surface area contributed by atoms with Crippen molar-refractivity contribution in [3.63, 3.8) is 0 Å². The summed E-state index contributed by atoms with van der Waals surface area (Å²) in [7, 11) is 1.50. The molecule has 3 heterocycles. The summed E-state index contributed by atoms with van der Waals surface area (Å²) < 4.78 is 25.1. The molecule has 2 aromatic rings. The number of likely N-dealkylation sites (tertiary alicyclic amines) is 1. The average molecular weight is 480 g/mol. The van der Waals surface area contributed by atoms with E-state index in [0.717, 1.165) is 31.1 Å². The van der Waals surface area contributed by atoms with Crippen LogP contribution in [-0.4, -0.2) is 52.2 Å². The Kier molecular flexibility index (Phi) is 6.06. The van der Waals surface area contributed by atoms with E-state index >= 15 is 0 Å². The van der Waals surface area contributed by atoms with Gasteiger partial charge in [-0.3, -0.25) is 10.2 Å². The number of benzene rings is 2. The van der Waals surface area contributed by atoms with Crippen LogP contribution in [0.4, 0.5) is 4.39 Å². The molecule has 0 aromatic heterocycles. The van der Waals surface area contributed by atoms with Gasteiger partial charge in [-0.05, 0) is 54.4 Å². The maximum atomic E-state index is 13.9. The van der Waals surface area contributed by atoms with Crippen LogP contribution in [0.5, 0.6) is 11.5 Å². The van der Waals surface area contributed by atoms with Gasteiger partial charge in [-0.15, -0.1) is 5.10 Å². The molecule has 0 radical (unpaired) electrons. The molecule has 0 aliphatic carbocycles. The third-order valence-electron chi connectivity index (χ3n) is 5.66. The highest BCUT2D eigenvalue weighted by Gasteiger charge is 2.37. The number of nitrogens with zero attached hydrogens (tertiary/aromatic N) is 4. The molecule has 0 atom stereocenters. The fourth-order valence-electron chi connectivity index (χ4n) is 3.85. The van der Waals surface area contributed by atoms with Crippen molar-refractivity contribution in [2.75, 3.05) is 20.2 Å². The van der Waals surface area contributed by atoms with Crippen molar-refractivity contribution < 1.29 is 18.7 Å². The van der Waals surface area contributed by atoms with E-state index in [0.29, 0.717) is 27.8 Å². The van der Waals surface area contributed by atoms with Crippen LogP contribution in [0.3, 0.4) is 0 Å². The maximum absolute atomic E-state index is 13.9. The standard InChI is InChI=1S/C24H22FN5O3S/c1-32-20-13-15(8-9-19(20)33-14-16-6-2-3-7-18(16)25)12-17-21(26)30-23(27-22(17)31)34-24(28-30)29-10-4-5-11-29/h2-3,6-9,12-13,26H,4-5,10-11,14H2,1H3/b17-12+,26-21?. The van der Waals surface area contributed by atoms with Gasteiger partial charge in [0.25, 0.3) is 5.91 Å². The Morgan fingerprint density at radius 1 is 1.15 bits per heavy atom. The van der Waals surface area contributed by atoms with Gasteiger partial charge in [0.2, 0.25) is 5.17 Å². The van der Waals surface area contributed by atoms with Crippen molar-refractivity contribution in [1.82, 2.24) is 9.91 Å². The number of amidine groups is 3. The number of amides is 1. The van der Waals surface area contributed by atoms with E-state index in [9.17, 15) is 9.18 Å². The van der Waals surface area contributed by atoms with Crippen LogP contribution in [0.15, 0.2) is 58.1 Å². The molecule has 34 heavy (non-hydrogen) atoms. The Hall–Kier alpha value is -3.66. The Morgan fingerprint density at radius 3 is 2.71 bits per heavy atom. The number of fused-ring (bicyclic) bond motifs is 1. The molecule has 0 spiro atoms. The first-order valence-corrected chi connectivity index (χ1v) is 11.6. The van der Waals surface area contributed by atoms with Crippen molar-refractivity contribution in [3.05, 3.63) is 65.0 Å². The summed E-state index contributed by atoms with van der Waals surface area (Å²) in [6, 6.07) is 11.5. The topological polar surface area (TPSA) is 90.6 Å². The van der Waals surface area contributed by atoms with Crippen LogP contribution < -0.4 is 9.47 Å². The lowest BCUT2D eigenvalue weighted by Crippen LogP contribution is -2.35. The number of hydrogen-bond acceptors (Lipinski definition) is 7. The fraction of sp³-hybridized carbons (Fsp3) is 0.250. The minimum Gasteiger partial charge on any atom is -0.493 e. The van der Waals surface area contributed by atoms with E-state index in [1.807, 2.05) is 0 Å². The molecular formula is C24H22FN5O3S.